The molecule has 0 aliphatic heterocycles. The van der Waals surface area contributed by atoms with Crippen LogP contribution < -0.4 is 0 Å². The highest BCUT2D eigenvalue weighted by atomic mass is 14.3. The van der Waals surface area contributed by atoms with Gasteiger partial charge in [-0.25, -0.2) is 0 Å². The molecule has 22 heavy (non-hydrogen) atoms. The van der Waals surface area contributed by atoms with Gasteiger partial charge in [-0.15, -0.1) is 0 Å². The zero-order chi connectivity index (χ0) is 17.0. The summed E-state index contributed by atoms with van der Waals surface area (Å²) in [5.41, 5.74) is 0. The first-order valence-corrected chi connectivity index (χ1v) is 10.5. The zero-order valence-corrected chi connectivity index (χ0v) is 17.0. The Balaban J connectivity index is 4.32. The summed E-state index contributed by atoms with van der Waals surface area (Å²) in [6, 6.07) is 0. The molecule has 0 aliphatic rings. The van der Waals surface area contributed by atoms with Gasteiger partial charge < -0.3 is 0 Å². The van der Waals surface area contributed by atoms with Crippen LogP contribution >= 0.6 is 0 Å². The molecular weight excluding hydrogens is 264 g/mol. The summed E-state index contributed by atoms with van der Waals surface area (Å²) in [6.45, 7) is 16.8. The van der Waals surface area contributed by atoms with Crippen molar-refractivity contribution >= 4 is 0 Å². The van der Waals surface area contributed by atoms with Crippen molar-refractivity contribution in [3.05, 3.63) is 0 Å². The van der Waals surface area contributed by atoms with Gasteiger partial charge in [-0.05, 0) is 29.6 Å². The van der Waals surface area contributed by atoms with Gasteiger partial charge in [0.25, 0.3) is 0 Å². The smallest absolute Gasteiger partial charge is 0.0363 e. The lowest BCUT2D eigenvalue weighted by Crippen LogP contribution is -2.21. The Kier molecular flexibility index (Phi) is 13.4. The van der Waals surface area contributed by atoms with Crippen LogP contribution in [-0.4, -0.2) is 0 Å². The standard InChI is InChI=1S/C22H46/c1-8-13-21(22(11-4)19(7)9-2)15-12-14-20(10-3)17-16-18(5)6/h18-22H,8-17H2,1-7H3. The van der Waals surface area contributed by atoms with Crippen molar-refractivity contribution in [2.24, 2.45) is 29.6 Å². The lowest BCUT2D eigenvalue weighted by molar-refractivity contribution is 0.194. The van der Waals surface area contributed by atoms with E-state index in [2.05, 4.69) is 48.5 Å². The topological polar surface area (TPSA) is 0 Å². The van der Waals surface area contributed by atoms with Crippen LogP contribution in [0.3, 0.4) is 0 Å². The van der Waals surface area contributed by atoms with E-state index in [4.69, 9.17) is 0 Å². The highest BCUT2D eigenvalue weighted by Gasteiger charge is 2.23. The summed E-state index contributed by atoms with van der Waals surface area (Å²) in [6.07, 6.45) is 14.2. The second-order valence-electron chi connectivity index (χ2n) is 8.18. The van der Waals surface area contributed by atoms with Crippen LogP contribution in [-0.2, 0) is 0 Å². The van der Waals surface area contributed by atoms with Crippen molar-refractivity contribution < 1.29 is 0 Å². The van der Waals surface area contributed by atoms with Crippen LogP contribution in [0.5, 0.6) is 0 Å². The molecule has 0 bridgehead atoms. The van der Waals surface area contributed by atoms with Crippen molar-refractivity contribution in [3.63, 3.8) is 0 Å². The molecule has 0 nitrogen and oxygen atoms in total. The monoisotopic (exact) mass is 310 g/mol. The SMILES string of the molecule is CCCC(CCCC(CC)CCC(C)C)C(CC)C(C)CC. The average molecular weight is 311 g/mol. The fourth-order valence-corrected chi connectivity index (χ4v) is 4.24. The molecule has 0 rings (SSSR count). The molecule has 0 N–H and O–H groups in total. The molecule has 4 unspecified atom stereocenters. The van der Waals surface area contributed by atoms with Crippen LogP contribution in [0.1, 0.15) is 113 Å². The van der Waals surface area contributed by atoms with Gasteiger partial charge in [0.2, 0.25) is 0 Å². The molecule has 0 heteroatoms. The fraction of sp³-hybridized carbons (Fsp3) is 1.00. The first-order chi connectivity index (χ1) is 10.5. The minimum absolute atomic E-state index is 0.872. The Morgan fingerprint density at radius 3 is 1.77 bits per heavy atom. The van der Waals surface area contributed by atoms with Crippen molar-refractivity contribution in [1.29, 1.82) is 0 Å². The van der Waals surface area contributed by atoms with Crippen molar-refractivity contribution in [1.82, 2.24) is 0 Å². The van der Waals surface area contributed by atoms with Crippen LogP contribution in [0.4, 0.5) is 0 Å². The van der Waals surface area contributed by atoms with Crippen LogP contribution in [0, 0.1) is 29.6 Å². The van der Waals surface area contributed by atoms with E-state index in [1.165, 1.54) is 64.2 Å². The van der Waals surface area contributed by atoms with E-state index < -0.39 is 0 Å². The summed E-state index contributed by atoms with van der Waals surface area (Å²) >= 11 is 0. The molecule has 4 atom stereocenters. The maximum atomic E-state index is 2.48. The van der Waals surface area contributed by atoms with Gasteiger partial charge in [0, 0.05) is 0 Å². The molecule has 0 saturated carbocycles. The predicted molar refractivity (Wildman–Crippen MR) is 103 cm³/mol. The average Bonchev–Trinajstić information content (AvgIpc) is 2.50. The van der Waals surface area contributed by atoms with Gasteiger partial charge in [0.1, 0.15) is 0 Å². The maximum Gasteiger partial charge on any atom is -0.0363 e. The Morgan fingerprint density at radius 1 is 0.636 bits per heavy atom. The van der Waals surface area contributed by atoms with Crippen LogP contribution in [0.2, 0.25) is 0 Å². The van der Waals surface area contributed by atoms with Gasteiger partial charge in [0.15, 0.2) is 0 Å². The lowest BCUT2D eigenvalue weighted by atomic mass is 9.74. The Labute approximate surface area is 142 Å². The largest absolute Gasteiger partial charge is 0.0654 e. The third kappa shape index (κ3) is 9.21. The predicted octanol–water partition coefficient (Wildman–Crippen LogP) is 8.11. The second-order valence-corrected chi connectivity index (χ2v) is 8.18. The highest BCUT2D eigenvalue weighted by molar-refractivity contribution is 4.74. The maximum absolute atomic E-state index is 2.48. The van der Waals surface area contributed by atoms with Gasteiger partial charge >= 0.3 is 0 Å². The molecule has 0 aromatic carbocycles. The molecule has 0 spiro atoms. The highest BCUT2D eigenvalue weighted by Crippen LogP contribution is 2.34. The summed E-state index contributed by atoms with van der Waals surface area (Å²) in [5.74, 6) is 4.70. The van der Waals surface area contributed by atoms with Crippen LogP contribution in [0.25, 0.3) is 0 Å². The molecule has 0 radical (unpaired) electrons. The third-order valence-corrected chi connectivity index (χ3v) is 6.03. The molecule has 0 fully saturated rings. The van der Waals surface area contributed by atoms with Crippen molar-refractivity contribution in [2.45, 2.75) is 113 Å². The number of hydrogen-bond donors (Lipinski definition) is 0. The molecule has 0 aromatic heterocycles. The van der Waals surface area contributed by atoms with Gasteiger partial charge in [0.05, 0.1) is 0 Å². The Bertz CT molecular complexity index is 230. The number of rotatable bonds is 14. The summed E-state index contributed by atoms with van der Waals surface area (Å²) < 4.78 is 0. The molecule has 0 aromatic rings. The quantitative estimate of drug-likeness (QED) is 0.304. The fourth-order valence-electron chi connectivity index (χ4n) is 4.24. The Morgan fingerprint density at radius 2 is 1.32 bits per heavy atom. The molecule has 0 heterocycles. The second kappa shape index (κ2) is 13.4. The lowest BCUT2D eigenvalue weighted by Gasteiger charge is -2.31. The Hall–Kier alpha value is 0. The van der Waals surface area contributed by atoms with E-state index in [0.29, 0.717) is 0 Å². The van der Waals surface area contributed by atoms with E-state index in [1.54, 1.807) is 0 Å². The molecule has 0 aliphatic carbocycles. The summed E-state index contributed by atoms with van der Waals surface area (Å²) in [7, 11) is 0. The van der Waals surface area contributed by atoms with Crippen molar-refractivity contribution in [3.8, 4) is 0 Å². The zero-order valence-electron chi connectivity index (χ0n) is 17.0. The minimum Gasteiger partial charge on any atom is -0.0654 e. The normalized spacial score (nSPS) is 17.5. The van der Waals surface area contributed by atoms with E-state index in [9.17, 15) is 0 Å². The van der Waals surface area contributed by atoms with Gasteiger partial charge in [-0.3, -0.25) is 0 Å². The van der Waals surface area contributed by atoms with Crippen LogP contribution in [0.15, 0.2) is 0 Å². The van der Waals surface area contributed by atoms with E-state index in [-0.39, 0.29) is 0 Å². The first kappa shape index (κ1) is 22.0. The number of hydrogen-bond acceptors (Lipinski definition) is 0. The molecular formula is C22H46. The summed E-state index contributed by atoms with van der Waals surface area (Å²) in [4.78, 5) is 0. The minimum atomic E-state index is 0.872. The molecule has 0 saturated heterocycles. The first-order valence-electron chi connectivity index (χ1n) is 10.5. The van der Waals surface area contributed by atoms with E-state index in [0.717, 1.165) is 29.6 Å². The van der Waals surface area contributed by atoms with Gasteiger partial charge in [-0.1, -0.05) is 113 Å². The van der Waals surface area contributed by atoms with E-state index in [1.807, 2.05) is 0 Å². The van der Waals surface area contributed by atoms with Gasteiger partial charge in [-0.2, -0.15) is 0 Å². The third-order valence-electron chi connectivity index (χ3n) is 6.03. The van der Waals surface area contributed by atoms with E-state index >= 15 is 0 Å². The van der Waals surface area contributed by atoms with Crippen molar-refractivity contribution in [2.75, 3.05) is 0 Å². The molecule has 0 amide bonds. The summed E-state index contributed by atoms with van der Waals surface area (Å²) in [5, 5.41) is 0. The molecule has 134 valence electrons.